The predicted molar refractivity (Wildman–Crippen MR) is 54.2 cm³/mol. The summed E-state index contributed by atoms with van der Waals surface area (Å²) in [6.45, 7) is 0.275. The minimum absolute atomic E-state index is 0.0801. The van der Waals surface area contributed by atoms with E-state index in [0.29, 0.717) is 6.54 Å². The second-order valence-electron chi connectivity index (χ2n) is 2.84. The number of nitrogens with two attached hydrogens (primary N) is 1. The van der Waals surface area contributed by atoms with Crippen molar-refractivity contribution >= 4 is 5.97 Å². The highest BCUT2D eigenvalue weighted by Gasteiger charge is 2.18. The quantitative estimate of drug-likeness (QED) is 0.109. The van der Waals surface area contributed by atoms with Gasteiger partial charge in [0.25, 0.3) is 0 Å². The lowest BCUT2D eigenvalue weighted by molar-refractivity contribution is -0.150. The number of carbonyl (C=O) groups excluding carboxylic acids is 1. The van der Waals surface area contributed by atoms with Crippen LogP contribution in [0.15, 0.2) is 0 Å². The Morgan fingerprint density at radius 1 is 1.53 bits per heavy atom. The van der Waals surface area contributed by atoms with Crippen molar-refractivity contribution in [1.29, 1.82) is 0 Å². The zero-order valence-electron chi connectivity index (χ0n) is 8.91. The summed E-state index contributed by atoms with van der Waals surface area (Å²) in [4.78, 5) is 11.3. The number of aliphatic hydroxyl groups excluding tert-OH is 1. The minimum Gasteiger partial charge on any atom is -0.461 e. The van der Waals surface area contributed by atoms with E-state index in [1.165, 1.54) is 0 Å². The molecule has 0 saturated heterocycles. The molecule has 0 aliphatic rings. The highest BCUT2D eigenvalue weighted by molar-refractivity contribution is 5.75. The molecule has 0 spiro atoms. The Labute approximate surface area is 88.5 Å². The molecule has 0 heterocycles. The van der Waals surface area contributed by atoms with E-state index in [2.05, 4.69) is 21.6 Å². The second-order valence-corrected chi connectivity index (χ2v) is 2.84. The number of esters is 1. The summed E-state index contributed by atoms with van der Waals surface area (Å²) in [5.74, 6) is 4.50. The van der Waals surface area contributed by atoms with E-state index in [1.807, 2.05) is 0 Å². The van der Waals surface area contributed by atoms with Crippen LogP contribution in [0, 0.1) is 0 Å². The van der Waals surface area contributed by atoms with Gasteiger partial charge in [0.05, 0.1) is 0 Å². The van der Waals surface area contributed by atoms with Gasteiger partial charge in [-0.25, -0.2) is 15.6 Å². The van der Waals surface area contributed by atoms with Gasteiger partial charge in [0, 0.05) is 6.54 Å². The van der Waals surface area contributed by atoms with Crippen molar-refractivity contribution in [3.63, 3.8) is 0 Å². The molecule has 0 bridgehead atoms. The van der Waals surface area contributed by atoms with Crippen LogP contribution in [0.5, 0.6) is 0 Å². The number of hydrazine groups is 2. The van der Waals surface area contributed by atoms with Crippen LogP contribution in [-0.2, 0) is 9.53 Å². The summed E-state index contributed by atoms with van der Waals surface area (Å²) in [6.07, 6.45) is -1.58. The van der Waals surface area contributed by atoms with E-state index in [9.17, 15) is 9.90 Å². The van der Waals surface area contributed by atoms with Crippen molar-refractivity contribution in [2.75, 3.05) is 27.2 Å². The monoisotopic (exact) mass is 221 g/mol. The maximum absolute atomic E-state index is 11.3. The summed E-state index contributed by atoms with van der Waals surface area (Å²) in [7, 11) is 3.28. The molecule has 0 aromatic carbocycles. The third kappa shape index (κ3) is 6.33. The first kappa shape index (κ1) is 14.2. The summed E-state index contributed by atoms with van der Waals surface area (Å²) in [6, 6.07) is 0. The Bertz CT molecular complexity index is 180. The van der Waals surface area contributed by atoms with Crippen molar-refractivity contribution in [2.24, 2.45) is 5.84 Å². The highest BCUT2D eigenvalue weighted by Crippen LogP contribution is 1.87. The van der Waals surface area contributed by atoms with E-state index >= 15 is 0 Å². The van der Waals surface area contributed by atoms with Gasteiger partial charge < -0.3 is 15.2 Å². The molecule has 0 aliphatic carbocycles. The van der Waals surface area contributed by atoms with Crippen LogP contribution in [-0.4, -0.2) is 50.6 Å². The van der Waals surface area contributed by atoms with Gasteiger partial charge in [0.2, 0.25) is 0 Å². The third-order valence-corrected chi connectivity index (χ3v) is 1.55. The molecule has 15 heavy (non-hydrogen) atoms. The zero-order valence-corrected chi connectivity index (χ0v) is 8.91. The summed E-state index contributed by atoms with van der Waals surface area (Å²) in [5, 5.41) is 12.0. The molecule has 0 aliphatic heterocycles. The topological polar surface area (TPSA) is 121 Å². The van der Waals surface area contributed by atoms with Gasteiger partial charge >= 0.3 is 5.97 Å². The number of ether oxygens (including phenoxy) is 1. The third-order valence-electron chi connectivity index (χ3n) is 1.55. The molecule has 0 saturated carbocycles. The van der Waals surface area contributed by atoms with Gasteiger partial charge in [-0.2, -0.15) is 0 Å². The van der Waals surface area contributed by atoms with Crippen LogP contribution in [0.3, 0.4) is 0 Å². The van der Waals surface area contributed by atoms with Crippen molar-refractivity contribution in [2.45, 2.75) is 12.3 Å². The van der Waals surface area contributed by atoms with Gasteiger partial charge in [0.1, 0.15) is 12.7 Å². The number of carbonyl (C=O) groups is 1. The fourth-order valence-corrected chi connectivity index (χ4v) is 0.869. The lowest BCUT2D eigenvalue weighted by Gasteiger charge is -2.17. The molecule has 0 aromatic rings. The van der Waals surface area contributed by atoms with Crippen LogP contribution in [0.4, 0.5) is 0 Å². The molecule has 0 fully saturated rings. The van der Waals surface area contributed by atoms with Crippen LogP contribution < -0.4 is 27.4 Å². The van der Waals surface area contributed by atoms with Crippen LogP contribution in [0.2, 0.25) is 0 Å². The Morgan fingerprint density at radius 3 is 2.67 bits per heavy atom. The summed E-state index contributed by atoms with van der Waals surface area (Å²) >= 11 is 0. The van der Waals surface area contributed by atoms with Crippen molar-refractivity contribution in [1.82, 2.24) is 21.6 Å². The van der Waals surface area contributed by atoms with E-state index in [1.54, 1.807) is 14.1 Å². The second kappa shape index (κ2) is 8.53. The molecule has 0 rings (SSSR count). The molecule has 8 heteroatoms. The lowest BCUT2D eigenvalue weighted by Crippen LogP contribution is -2.56. The molecule has 2 atom stereocenters. The van der Waals surface area contributed by atoms with Gasteiger partial charge in [-0.3, -0.25) is 11.3 Å². The Kier molecular flexibility index (Phi) is 8.09. The Hall–Kier alpha value is -0.770. The lowest BCUT2D eigenvalue weighted by atomic mass is 10.4. The van der Waals surface area contributed by atoms with Crippen molar-refractivity contribution in [3.05, 3.63) is 0 Å². The van der Waals surface area contributed by atoms with Crippen molar-refractivity contribution < 1.29 is 14.6 Å². The van der Waals surface area contributed by atoms with E-state index in [-0.39, 0.29) is 6.61 Å². The molecule has 0 amide bonds. The normalized spacial score (nSPS) is 14.7. The van der Waals surface area contributed by atoms with Gasteiger partial charge in [0.15, 0.2) is 6.17 Å². The molecule has 8 nitrogen and oxygen atoms in total. The van der Waals surface area contributed by atoms with Crippen LogP contribution >= 0.6 is 0 Å². The van der Waals surface area contributed by atoms with E-state index in [0.717, 1.165) is 0 Å². The number of nitrogens with one attached hydrogen (secondary N) is 4. The Morgan fingerprint density at radius 2 is 2.20 bits per heavy atom. The van der Waals surface area contributed by atoms with Gasteiger partial charge in [-0.1, -0.05) is 0 Å². The molecule has 1 unspecified atom stereocenters. The SMILES string of the molecule is CNCC(O)COC(=O)[C@H](NN)NNC. The number of likely N-dealkylation sites (N-methyl/N-ethyl adjacent to an activating group) is 1. The predicted octanol–water partition coefficient (Wildman–Crippen LogP) is -3.38. The first-order chi connectivity index (χ1) is 7.15. The largest absolute Gasteiger partial charge is 0.461 e. The molecular formula is C7H19N5O3. The molecule has 0 aromatic heterocycles. The average molecular weight is 221 g/mol. The number of rotatable bonds is 8. The fraction of sp³-hybridized carbons (Fsp3) is 0.857. The first-order valence-electron chi connectivity index (χ1n) is 4.53. The Balaban J connectivity index is 3.79. The van der Waals surface area contributed by atoms with Crippen LogP contribution in [0.25, 0.3) is 0 Å². The summed E-state index contributed by atoms with van der Waals surface area (Å²) < 4.78 is 4.79. The average Bonchev–Trinajstić information content (AvgIpc) is 2.23. The van der Waals surface area contributed by atoms with Crippen LogP contribution in [0.1, 0.15) is 0 Å². The maximum atomic E-state index is 11.3. The molecular weight excluding hydrogens is 202 g/mol. The first-order valence-corrected chi connectivity index (χ1v) is 4.53. The van der Waals surface area contributed by atoms with Gasteiger partial charge in [-0.15, -0.1) is 0 Å². The number of hydrogen-bond donors (Lipinski definition) is 6. The fourth-order valence-electron chi connectivity index (χ4n) is 0.869. The summed E-state index contributed by atoms with van der Waals surface area (Å²) in [5.41, 5.74) is 7.29. The number of aliphatic hydroxyl groups is 1. The van der Waals surface area contributed by atoms with E-state index < -0.39 is 18.2 Å². The minimum atomic E-state index is -0.850. The smallest absolute Gasteiger partial charge is 0.340 e. The van der Waals surface area contributed by atoms with E-state index in [4.69, 9.17) is 10.6 Å². The van der Waals surface area contributed by atoms with Crippen molar-refractivity contribution in [3.8, 4) is 0 Å². The standard InChI is InChI=1S/C7H19N5O3/c1-9-3-5(13)4-15-7(14)6(11-8)12-10-2/h5-6,9-13H,3-4,8H2,1-2H3/t5?,6-/m1/s1. The number of hydrogen-bond acceptors (Lipinski definition) is 8. The molecule has 7 N–H and O–H groups in total. The molecule has 90 valence electrons. The molecule has 0 radical (unpaired) electrons. The highest BCUT2D eigenvalue weighted by atomic mass is 16.5. The van der Waals surface area contributed by atoms with Gasteiger partial charge in [-0.05, 0) is 14.1 Å². The maximum Gasteiger partial charge on any atom is 0.340 e. The zero-order chi connectivity index (χ0) is 11.7.